The first-order valence-corrected chi connectivity index (χ1v) is 8.09. The lowest BCUT2D eigenvalue weighted by atomic mass is 9.74. The predicted molar refractivity (Wildman–Crippen MR) is 86.4 cm³/mol. The second-order valence-electron chi connectivity index (χ2n) is 6.23. The van der Waals surface area contributed by atoms with Crippen LogP contribution in [0.15, 0.2) is 24.3 Å². The van der Waals surface area contributed by atoms with E-state index in [0.717, 1.165) is 12.8 Å². The molecule has 5 heteroatoms. The molecule has 5 nitrogen and oxygen atoms in total. The van der Waals surface area contributed by atoms with E-state index in [0.29, 0.717) is 18.4 Å². The van der Waals surface area contributed by atoms with Gasteiger partial charge in [0, 0.05) is 18.4 Å². The number of aliphatic carboxylic acids is 1. The summed E-state index contributed by atoms with van der Waals surface area (Å²) in [6.07, 6.45) is 3.41. The van der Waals surface area contributed by atoms with Gasteiger partial charge in [0.05, 0.1) is 12.0 Å². The van der Waals surface area contributed by atoms with E-state index in [1.54, 1.807) is 12.1 Å². The monoisotopic (exact) mass is 317 g/mol. The van der Waals surface area contributed by atoms with Gasteiger partial charge in [-0.05, 0) is 31.2 Å². The predicted octanol–water partition coefficient (Wildman–Crippen LogP) is 2.73. The second-order valence-corrected chi connectivity index (χ2v) is 6.23. The molecule has 1 amide bonds. The average Bonchev–Trinajstić information content (AvgIpc) is 2.50. The molecule has 1 aliphatic rings. The first-order valence-electron chi connectivity index (χ1n) is 8.09. The number of Topliss-reactive ketones (excluding diaryl/α,β-unsaturated/α-hetero) is 1. The summed E-state index contributed by atoms with van der Waals surface area (Å²) in [6, 6.07) is 7.42. The van der Waals surface area contributed by atoms with Gasteiger partial charge in [0.25, 0.3) is 0 Å². The van der Waals surface area contributed by atoms with Crippen LogP contribution in [0.3, 0.4) is 0 Å². The maximum atomic E-state index is 12.1. The zero-order valence-electron chi connectivity index (χ0n) is 13.4. The summed E-state index contributed by atoms with van der Waals surface area (Å²) in [4.78, 5) is 35.0. The lowest BCUT2D eigenvalue weighted by Gasteiger charge is -2.41. The van der Waals surface area contributed by atoms with Crippen molar-refractivity contribution in [2.45, 2.75) is 57.4 Å². The zero-order chi connectivity index (χ0) is 16.9. The lowest BCUT2D eigenvalue weighted by molar-refractivity contribution is -0.140. The summed E-state index contributed by atoms with van der Waals surface area (Å²) in [5.74, 6) is -1.22. The van der Waals surface area contributed by atoms with Crippen LogP contribution in [0.5, 0.6) is 0 Å². The number of hydrogen-bond donors (Lipinski definition) is 2. The van der Waals surface area contributed by atoms with E-state index in [1.807, 2.05) is 12.1 Å². The topological polar surface area (TPSA) is 83.5 Å². The number of carbonyl (C=O) groups excluding carboxylic acids is 2. The molecule has 0 spiro atoms. The van der Waals surface area contributed by atoms with Crippen molar-refractivity contribution >= 4 is 17.7 Å². The highest BCUT2D eigenvalue weighted by atomic mass is 16.4. The fourth-order valence-corrected chi connectivity index (χ4v) is 2.89. The van der Waals surface area contributed by atoms with Crippen LogP contribution in [0, 0.1) is 0 Å². The number of ketones is 1. The van der Waals surface area contributed by atoms with Crippen molar-refractivity contribution in [2.75, 3.05) is 0 Å². The van der Waals surface area contributed by atoms with Crippen molar-refractivity contribution in [3.8, 4) is 0 Å². The molecule has 124 valence electrons. The van der Waals surface area contributed by atoms with Crippen molar-refractivity contribution in [1.82, 2.24) is 5.32 Å². The minimum atomic E-state index is -0.905. The molecule has 0 saturated heterocycles. The van der Waals surface area contributed by atoms with E-state index in [9.17, 15) is 14.4 Å². The molecule has 0 atom stereocenters. The van der Waals surface area contributed by atoms with E-state index in [2.05, 4.69) is 12.2 Å². The molecule has 0 heterocycles. The fourth-order valence-electron chi connectivity index (χ4n) is 2.89. The Balaban J connectivity index is 1.83. The van der Waals surface area contributed by atoms with Crippen molar-refractivity contribution in [1.29, 1.82) is 0 Å². The second kappa shape index (κ2) is 7.40. The third-order valence-corrected chi connectivity index (χ3v) is 4.47. The number of amides is 1. The lowest BCUT2D eigenvalue weighted by Crippen LogP contribution is -2.54. The molecule has 1 aromatic rings. The third kappa shape index (κ3) is 4.65. The van der Waals surface area contributed by atoms with Crippen LogP contribution in [0.2, 0.25) is 0 Å². The van der Waals surface area contributed by atoms with Crippen molar-refractivity contribution in [3.63, 3.8) is 0 Å². The standard InChI is InChI=1S/C18H23NO4/c1-2-13-4-6-14(7-5-13)15(20)8-9-16(21)19-18(10-3-11-18)12-17(22)23/h4-7H,2-3,8-12H2,1H3,(H,19,21)(H,22,23). The highest BCUT2D eigenvalue weighted by Gasteiger charge is 2.40. The molecule has 0 aromatic heterocycles. The molecule has 1 fully saturated rings. The molecule has 23 heavy (non-hydrogen) atoms. The Hall–Kier alpha value is -2.17. The van der Waals surface area contributed by atoms with Gasteiger partial charge >= 0.3 is 5.97 Å². The minimum absolute atomic E-state index is 0.0504. The molecule has 0 aliphatic heterocycles. The molecule has 0 bridgehead atoms. The van der Waals surface area contributed by atoms with E-state index in [1.165, 1.54) is 5.56 Å². The third-order valence-electron chi connectivity index (χ3n) is 4.47. The van der Waals surface area contributed by atoms with Crippen molar-refractivity contribution in [2.24, 2.45) is 0 Å². The fraction of sp³-hybridized carbons (Fsp3) is 0.500. The van der Waals surface area contributed by atoms with Crippen LogP contribution in [0.1, 0.15) is 61.4 Å². The minimum Gasteiger partial charge on any atom is -0.481 e. The van der Waals surface area contributed by atoms with Gasteiger partial charge in [-0.1, -0.05) is 31.2 Å². The first kappa shape index (κ1) is 17.2. The average molecular weight is 317 g/mol. The Morgan fingerprint density at radius 3 is 2.26 bits per heavy atom. The zero-order valence-corrected chi connectivity index (χ0v) is 13.4. The van der Waals surface area contributed by atoms with Crippen LogP contribution in [-0.4, -0.2) is 28.3 Å². The Morgan fingerprint density at radius 2 is 1.78 bits per heavy atom. The molecular formula is C18H23NO4. The SMILES string of the molecule is CCc1ccc(C(=O)CCC(=O)NC2(CC(=O)O)CCC2)cc1. The number of hydrogen-bond acceptors (Lipinski definition) is 3. The normalized spacial score (nSPS) is 15.5. The van der Waals surface area contributed by atoms with E-state index in [-0.39, 0.29) is 31.0 Å². The van der Waals surface area contributed by atoms with Crippen molar-refractivity contribution in [3.05, 3.63) is 35.4 Å². The molecule has 2 N–H and O–H groups in total. The maximum absolute atomic E-state index is 12.1. The molecular weight excluding hydrogens is 294 g/mol. The Kier molecular flexibility index (Phi) is 5.53. The van der Waals surface area contributed by atoms with Crippen LogP contribution in [0.4, 0.5) is 0 Å². The summed E-state index contributed by atoms with van der Waals surface area (Å²) >= 11 is 0. The Labute approximate surface area is 136 Å². The Bertz CT molecular complexity index is 588. The van der Waals surface area contributed by atoms with Gasteiger partial charge in [-0.2, -0.15) is 0 Å². The van der Waals surface area contributed by atoms with E-state index in [4.69, 9.17) is 5.11 Å². The smallest absolute Gasteiger partial charge is 0.305 e. The number of benzene rings is 1. The summed E-state index contributed by atoms with van der Waals surface area (Å²) in [5, 5.41) is 11.7. The van der Waals surface area contributed by atoms with Gasteiger partial charge in [-0.15, -0.1) is 0 Å². The summed E-state index contributed by atoms with van der Waals surface area (Å²) in [7, 11) is 0. The van der Waals surface area contributed by atoms with Crippen LogP contribution in [-0.2, 0) is 16.0 Å². The van der Waals surface area contributed by atoms with E-state index < -0.39 is 11.5 Å². The highest BCUT2D eigenvalue weighted by Crippen LogP contribution is 2.35. The molecule has 0 radical (unpaired) electrons. The van der Waals surface area contributed by atoms with Crippen LogP contribution in [0.25, 0.3) is 0 Å². The number of aryl methyl sites for hydroxylation is 1. The van der Waals surface area contributed by atoms with Crippen LogP contribution >= 0.6 is 0 Å². The molecule has 1 aromatic carbocycles. The molecule has 1 aliphatic carbocycles. The number of carboxylic acids is 1. The first-order chi connectivity index (χ1) is 10.9. The van der Waals surface area contributed by atoms with Gasteiger partial charge in [0.15, 0.2) is 5.78 Å². The molecule has 0 unspecified atom stereocenters. The quantitative estimate of drug-likeness (QED) is 0.722. The van der Waals surface area contributed by atoms with Crippen molar-refractivity contribution < 1.29 is 19.5 Å². The summed E-state index contributed by atoms with van der Waals surface area (Å²) in [5.41, 5.74) is 1.17. The van der Waals surface area contributed by atoms with Gasteiger partial charge < -0.3 is 10.4 Å². The Morgan fingerprint density at radius 1 is 1.13 bits per heavy atom. The van der Waals surface area contributed by atoms with Gasteiger partial charge in [0.1, 0.15) is 0 Å². The summed E-state index contributed by atoms with van der Waals surface area (Å²) in [6.45, 7) is 2.05. The van der Waals surface area contributed by atoms with E-state index >= 15 is 0 Å². The maximum Gasteiger partial charge on any atom is 0.305 e. The van der Waals surface area contributed by atoms with Gasteiger partial charge in [-0.3, -0.25) is 14.4 Å². The van der Waals surface area contributed by atoms with Crippen LogP contribution < -0.4 is 5.32 Å². The number of carboxylic acid groups (broad SMARTS) is 1. The van der Waals surface area contributed by atoms with Gasteiger partial charge in [-0.25, -0.2) is 0 Å². The number of rotatable bonds is 8. The number of nitrogens with one attached hydrogen (secondary N) is 1. The molecule has 1 saturated carbocycles. The van der Waals surface area contributed by atoms with Gasteiger partial charge in [0.2, 0.25) is 5.91 Å². The number of carbonyl (C=O) groups is 3. The largest absolute Gasteiger partial charge is 0.481 e. The molecule has 2 rings (SSSR count). The summed E-state index contributed by atoms with van der Waals surface area (Å²) < 4.78 is 0. The highest BCUT2D eigenvalue weighted by molar-refractivity contribution is 5.98.